The highest BCUT2D eigenvalue weighted by Crippen LogP contribution is 2.36. The molecule has 0 aliphatic rings. The van der Waals surface area contributed by atoms with Gasteiger partial charge in [-0.05, 0) is 23.6 Å². The van der Waals surface area contributed by atoms with Crippen LogP contribution in [0.25, 0.3) is 0 Å². The fourth-order valence-electron chi connectivity index (χ4n) is 1.46. The normalized spacial score (nSPS) is 12.7. The standard InChI is InChI=1S/C11H9ClFNOS/c12-6-3-4-7(13)9(11(6)15)10(14)8-2-1-5-16-8/h1-5,10,15H,14H2/t10-/m1/s1. The summed E-state index contributed by atoms with van der Waals surface area (Å²) in [5.41, 5.74) is 5.92. The molecule has 84 valence electrons. The molecular formula is C11H9ClFNOS. The van der Waals surface area contributed by atoms with Crippen LogP contribution in [0.2, 0.25) is 5.02 Å². The van der Waals surface area contributed by atoms with Crippen molar-refractivity contribution in [2.75, 3.05) is 0 Å². The molecule has 0 unspecified atom stereocenters. The van der Waals surface area contributed by atoms with E-state index in [0.29, 0.717) is 0 Å². The van der Waals surface area contributed by atoms with Gasteiger partial charge in [-0.2, -0.15) is 0 Å². The molecule has 2 rings (SSSR count). The van der Waals surface area contributed by atoms with Gasteiger partial charge in [0.2, 0.25) is 0 Å². The molecule has 0 amide bonds. The summed E-state index contributed by atoms with van der Waals surface area (Å²) in [5, 5.41) is 11.6. The van der Waals surface area contributed by atoms with Crippen LogP contribution in [0.4, 0.5) is 4.39 Å². The van der Waals surface area contributed by atoms with Gasteiger partial charge in [0.05, 0.1) is 16.6 Å². The van der Waals surface area contributed by atoms with Crippen molar-refractivity contribution in [1.29, 1.82) is 0 Å². The highest BCUT2D eigenvalue weighted by atomic mass is 35.5. The van der Waals surface area contributed by atoms with E-state index >= 15 is 0 Å². The molecule has 0 saturated heterocycles. The summed E-state index contributed by atoms with van der Waals surface area (Å²) in [6.07, 6.45) is 0. The first-order valence-electron chi connectivity index (χ1n) is 4.57. The summed E-state index contributed by atoms with van der Waals surface area (Å²) in [5.74, 6) is -0.842. The second-order valence-corrected chi connectivity index (χ2v) is 4.67. The van der Waals surface area contributed by atoms with Crippen molar-refractivity contribution in [1.82, 2.24) is 0 Å². The number of hydrogen-bond acceptors (Lipinski definition) is 3. The van der Waals surface area contributed by atoms with Crippen molar-refractivity contribution in [2.24, 2.45) is 5.73 Å². The highest BCUT2D eigenvalue weighted by molar-refractivity contribution is 7.10. The molecule has 1 aromatic carbocycles. The smallest absolute Gasteiger partial charge is 0.142 e. The van der Waals surface area contributed by atoms with Crippen molar-refractivity contribution in [3.63, 3.8) is 0 Å². The number of hydrogen-bond donors (Lipinski definition) is 2. The molecule has 0 spiro atoms. The molecule has 0 bridgehead atoms. The molecule has 0 fully saturated rings. The van der Waals surface area contributed by atoms with Crippen molar-refractivity contribution in [3.05, 3.63) is 50.9 Å². The van der Waals surface area contributed by atoms with Gasteiger partial charge in [-0.25, -0.2) is 4.39 Å². The van der Waals surface area contributed by atoms with Gasteiger partial charge in [-0.1, -0.05) is 17.7 Å². The quantitative estimate of drug-likeness (QED) is 0.867. The lowest BCUT2D eigenvalue weighted by molar-refractivity contribution is 0.455. The SMILES string of the molecule is N[C@H](c1cccs1)c1c(F)ccc(Cl)c1O. The maximum Gasteiger partial charge on any atom is 0.142 e. The molecule has 0 radical (unpaired) electrons. The Morgan fingerprint density at radius 2 is 2.12 bits per heavy atom. The van der Waals surface area contributed by atoms with E-state index in [1.807, 2.05) is 11.4 Å². The van der Waals surface area contributed by atoms with Gasteiger partial charge >= 0.3 is 0 Å². The third-order valence-electron chi connectivity index (χ3n) is 2.28. The van der Waals surface area contributed by atoms with Crippen LogP contribution in [0.1, 0.15) is 16.5 Å². The minimum atomic E-state index is -0.696. The summed E-state index contributed by atoms with van der Waals surface area (Å²) in [4.78, 5) is 0.775. The zero-order chi connectivity index (χ0) is 11.7. The van der Waals surface area contributed by atoms with Crippen LogP contribution in [-0.2, 0) is 0 Å². The maximum atomic E-state index is 13.6. The van der Waals surface area contributed by atoms with Crippen LogP contribution in [0.3, 0.4) is 0 Å². The largest absolute Gasteiger partial charge is 0.506 e. The number of thiophene rings is 1. The maximum absolute atomic E-state index is 13.6. The molecule has 5 heteroatoms. The van der Waals surface area contributed by atoms with Crippen LogP contribution in [-0.4, -0.2) is 5.11 Å². The number of halogens is 2. The van der Waals surface area contributed by atoms with Crippen LogP contribution in [0, 0.1) is 5.82 Å². The van der Waals surface area contributed by atoms with Gasteiger partial charge in [0.25, 0.3) is 0 Å². The summed E-state index contributed by atoms with van der Waals surface area (Å²) in [6.45, 7) is 0. The zero-order valence-corrected chi connectivity index (χ0v) is 9.73. The van der Waals surface area contributed by atoms with Gasteiger partial charge in [-0.15, -0.1) is 11.3 Å². The number of nitrogens with two attached hydrogens (primary N) is 1. The van der Waals surface area contributed by atoms with Crippen molar-refractivity contribution < 1.29 is 9.50 Å². The van der Waals surface area contributed by atoms with E-state index in [2.05, 4.69) is 0 Å². The number of phenolic OH excluding ortho intramolecular Hbond substituents is 1. The Bertz CT molecular complexity index is 501. The van der Waals surface area contributed by atoms with E-state index in [9.17, 15) is 9.50 Å². The molecule has 0 saturated carbocycles. The lowest BCUT2D eigenvalue weighted by Crippen LogP contribution is -2.12. The van der Waals surface area contributed by atoms with E-state index in [1.165, 1.54) is 23.5 Å². The molecule has 0 aliphatic carbocycles. The summed E-state index contributed by atoms with van der Waals surface area (Å²) in [7, 11) is 0. The fraction of sp³-hybridized carbons (Fsp3) is 0.0909. The lowest BCUT2D eigenvalue weighted by atomic mass is 10.0. The average Bonchev–Trinajstić information content (AvgIpc) is 2.77. The van der Waals surface area contributed by atoms with Crippen molar-refractivity contribution in [3.8, 4) is 5.75 Å². The Balaban J connectivity index is 2.52. The summed E-state index contributed by atoms with van der Waals surface area (Å²) in [6, 6.07) is 5.41. The molecule has 16 heavy (non-hydrogen) atoms. The summed E-state index contributed by atoms with van der Waals surface area (Å²) < 4.78 is 13.6. The molecule has 1 heterocycles. The molecule has 2 aromatic rings. The number of phenols is 1. The Labute approximate surface area is 101 Å². The third kappa shape index (κ3) is 1.91. The molecule has 1 aromatic heterocycles. The lowest BCUT2D eigenvalue weighted by Gasteiger charge is -2.13. The zero-order valence-electron chi connectivity index (χ0n) is 8.15. The molecule has 3 N–H and O–H groups in total. The first-order chi connectivity index (χ1) is 7.61. The first kappa shape index (κ1) is 11.4. The van der Waals surface area contributed by atoms with Crippen LogP contribution < -0.4 is 5.73 Å². The van der Waals surface area contributed by atoms with Crippen LogP contribution in [0.5, 0.6) is 5.75 Å². The second kappa shape index (κ2) is 4.41. The Kier molecular flexibility index (Phi) is 3.14. The topological polar surface area (TPSA) is 46.2 Å². The van der Waals surface area contributed by atoms with Crippen molar-refractivity contribution >= 4 is 22.9 Å². The molecule has 1 atom stereocenters. The van der Waals surface area contributed by atoms with Gasteiger partial charge < -0.3 is 10.8 Å². The fourth-order valence-corrected chi connectivity index (χ4v) is 2.36. The monoisotopic (exact) mass is 257 g/mol. The van der Waals surface area contributed by atoms with Crippen LogP contribution >= 0.6 is 22.9 Å². The molecule has 2 nitrogen and oxygen atoms in total. The van der Waals surface area contributed by atoms with Crippen LogP contribution in [0.15, 0.2) is 29.6 Å². The van der Waals surface area contributed by atoms with Gasteiger partial charge in [-0.3, -0.25) is 0 Å². The predicted octanol–water partition coefficient (Wildman–Crippen LogP) is 3.29. The minimum absolute atomic E-state index is 0.0370. The van der Waals surface area contributed by atoms with E-state index < -0.39 is 11.9 Å². The molecular weight excluding hydrogens is 249 g/mol. The Hall–Kier alpha value is -1.10. The third-order valence-corrected chi connectivity index (χ3v) is 3.54. The number of aromatic hydroxyl groups is 1. The van der Waals surface area contributed by atoms with E-state index in [4.69, 9.17) is 17.3 Å². The van der Waals surface area contributed by atoms with E-state index in [0.717, 1.165) is 4.88 Å². The summed E-state index contributed by atoms with van der Waals surface area (Å²) >= 11 is 7.13. The number of benzene rings is 1. The average molecular weight is 258 g/mol. The Morgan fingerprint density at radius 3 is 2.75 bits per heavy atom. The Morgan fingerprint density at radius 1 is 1.38 bits per heavy atom. The minimum Gasteiger partial charge on any atom is -0.506 e. The molecule has 0 aliphatic heterocycles. The van der Waals surface area contributed by atoms with Crippen molar-refractivity contribution in [2.45, 2.75) is 6.04 Å². The predicted molar refractivity (Wildman–Crippen MR) is 63.4 cm³/mol. The van der Waals surface area contributed by atoms with Gasteiger partial charge in [0.1, 0.15) is 11.6 Å². The van der Waals surface area contributed by atoms with Gasteiger partial charge in [0.15, 0.2) is 0 Å². The first-order valence-corrected chi connectivity index (χ1v) is 5.83. The second-order valence-electron chi connectivity index (χ2n) is 3.28. The number of rotatable bonds is 2. The van der Waals surface area contributed by atoms with E-state index in [1.54, 1.807) is 6.07 Å². The highest BCUT2D eigenvalue weighted by Gasteiger charge is 2.20. The van der Waals surface area contributed by atoms with Gasteiger partial charge in [0, 0.05) is 4.88 Å². The van der Waals surface area contributed by atoms with E-state index in [-0.39, 0.29) is 16.3 Å².